The number of hydrogen-bond donors (Lipinski definition) is 2. The predicted molar refractivity (Wildman–Crippen MR) is 87.9 cm³/mol. The molecule has 0 fully saturated rings. The molecule has 116 valence electrons. The normalized spacial score (nSPS) is 17.5. The highest BCUT2D eigenvalue weighted by Crippen LogP contribution is 2.28. The molecule has 0 bridgehead atoms. The van der Waals surface area contributed by atoms with Crippen molar-refractivity contribution in [3.05, 3.63) is 53.9 Å². The molecule has 0 aliphatic carbocycles. The third-order valence-corrected chi connectivity index (χ3v) is 3.95. The fourth-order valence-electron chi connectivity index (χ4n) is 2.76. The third kappa shape index (κ3) is 2.44. The van der Waals surface area contributed by atoms with E-state index in [1.165, 1.54) is 0 Å². The van der Waals surface area contributed by atoms with Crippen LogP contribution in [0.4, 0.5) is 5.95 Å². The summed E-state index contributed by atoms with van der Waals surface area (Å²) >= 11 is 0. The lowest BCUT2D eigenvalue weighted by atomic mass is 9.99. The van der Waals surface area contributed by atoms with E-state index in [1.807, 2.05) is 36.2 Å². The summed E-state index contributed by atoms with van der Waals surface area (Å²) in [5.74, 6) is 1.32. The van der Waals surface area contributed by atoms with Crippen LogP contribution < -0.4 is 10.6 Å². The van der Waals surface area contributed by atoms with Gasteiger partial charge in [-0.05, 0) is 12.5 Å². The lowest BCUT2D eigenvalue weighted by Crippen LogP contribution is -2.22. The van der Waals surface area contributed by atoms with Gasteiger partial charge in [0, 0.05) is 61.7 Å². The van der Waals surface area contributed by atoms with E-state index < -0.39 is 0 Å². The van der Waals surface area contributed by atoms with Crippen molar-refractivity contribution in [2.75, 3.05) is 12.4 Å². The highest BCUT2D eigenvalue weighted by Gasteiger charge is 2.18. The minimum Gasteiger partial charge on any atom is -0.357 e. The molecule has 7 heteroatoms. The van der Waals surface area contributed by atoms with Crippen LogP contribution in [-0.2, 0) is 6.54 Å². The monoisotopic (exact) mass is 307 g/mol. The Morgan fingerprint density at radius 3 is 3.04 bits per heavy atom. The van der Waals surface area contributed by atoms with E-state index in [4.69, 9.17) is 0 Å². The molecule has 3 aromatic rings. The maximum Gasteiger partial charge on any atom is 0.233 e. The van der Waals surface area contributed by atoms with E-state index in [2.05, 4.69) is 43.6 Å². The van der Waals surface area contributed by atoms with Crippen LogP contribution in [0.25, 0.3) is 11.4 Å². The van der Waals surface area contributed by atoms with Crippen molar-refractivity contribution in [1.29, 1.82) is 0 Å². The largest absolute Gasteiger partial charge is 0.357 e. The maximum atomic E-state index is 4.59. The fraction of sp³-hybridized carbons (Fsp3) is 0.250. The molecule has 4 heterocycles. The number of fused-ring (bicyclic) bond motifs is 2. The van der Waals surface area contributed by atoms with Crippen molar-refractivity contribution >= 4 is 17.3 Å². The van der Waals surface area contributed by atoms with Crippen molar-refractivity contribution in [1.82, 2.24) is 29.7 Å². The standard InChI is InChI=1S/C16H17N7/c1-10-5-12(11-6-21-16-18-3-4-23(16)9-11)13-7-20-15(17-2)22-14(13)8-19-10/h3-7,9-10,19H,8H2,1-2H3,(H,17,20,22)/t10-/m1/s1. The molecule has 0 amide bonds. The highest BCUT2D eigenvalue weighted by molar-refractivity contribution is 5.81. The summed E-state index contributed by atoms with van der Waals surface area (Å²) in [6.07, 6.45) is 11.6. The van der Waals surface area contributed by atoms with E-state index in [9.17, 15) is 0 Å². The van der Waals surface area contributed by atoms with Crippen LogP contribution in [-0.4, -0.2) is 37.4 Å². The molecule has 0 saturated heterocycles. The Morgan fingerprint density at radius 1 is 1.26 bits per heavy atom. The second kappa shape index (κ2) is 5.44. The van der Waals surface area contributed by atoms with E-state index in [0.717, 1.165) is 22.4 Å². The second-order valence-electron chi connectivity index (χ2n) is 5.53. The Balaban J connectivity index is 1.88. The van der Waals surface area contributed by atoms with E-state index in [1.54, 1.807) is 6.20 Å². The molecule has 0 radical (unpaired) electrons. The third-order valence-electron chi connectivity index (χ3n) is 3.95. The molecule has 1 atom stereocenters. The van der Waals surface area contributed by atoms with E-state index in [-0.39, 0.29) is 6.04 Å². The Bertz CT molecular complexity index is 896. The van der Waals surface area contributed by atoms with Crippen molar-refractivity contribution < 1.29 is 0 Å². The zero-order chi connectivity index (χ0) is 15.8. The van der Waals surface area contributed by atoms with Gasteiger partial charge in [0.05, 0.1) is 5.69 Å². The zero-order valence-electron chi connectivity index (χ0n) is 13.0. The Hall–Kier alpha value is -2.80. The molecule has 1 aliphatic heterocycles. The molecule has 0 aromatic carbocycles. The van der Waals surface area contributed by atoms with Crippen molar-refractivity contribution in [2.45, 2.75) is 19.5 Å². The van der Waals surface area contributed by atoms with E-state index in [0.29, 0.717) is 18.3 Å². The van der Waals surface area contributed by atoms with Gasteiger partial charge in [-0.25, -0.2) is 19.9 Å². The number of imidazole rings is 1. The van der Waals surface area contributed by atoms with Gasteiger partial charge in [-0.2, -0.15) is 0 Å². The molecule has 1 aliphatic rings. The van der Waals surface area contributed by atoms with Gasteiger partial charge in [-0.1, -0.05) is 6.08 Å². The minimum atomic E-state index is 0.232. The number of hydrogen-bond acceptors (Lipinski definition) is 6. The molecular weight excluding hydrogens is 290 g/mol. The van der Waals surface area contributed by atoms with Crippen LogP contribution in [0.3, 0.4) is 0 Å². The molecule has 0 spiro atoms. The molecule has 0 unspecified atom stereocenters. The first-order valence-corrected chi connectivity index (χ1v) is 7.53. The number of rotatable bonds is 2. The minimum absolute atomic E-state index is 0.232. The van der Waals surface area contributed by atoms with E-state index >= 15 is 0 Å². The van der Waals surface area contributed by atoms with Gasteiger partial charge in [0.1, 0.15) is 0 Å². The molecular formula is C16H17N7. The summed E-state index contributed by atoms with van der Waals surface area (Å²) in [5, 5.41) is 6.44. The molecule has 0 saturated carbocycles. The predicted octanol–water partition coefficient (Wildman–Crippen LogP) is 1.48. The van der Waals surface area contributed by atoms with Crippen molar-refractivity contribution in [3.63, 3.8) is 0 Å². The number of anilines is 1. The number of nitrogens with one attached hydrogen (secondary N) is 2. The average molecular weight is 307 g/mol. The zero-order valence-corrected chi connectivity index (χ0v) is 13.0. The highest BCUT2D eigenvalue weighted by atomic mass is 15.1. The summed E-state index contributed by atoms with van der Waals surface area (Å²) in [7, 11) is 1.82. The van der Waals surface area contributed by atoms with Gasteiger partial charge < -0.3 is 10.6 Å². The molecule has 7 nitrogen and oxygen atoms in total. The smallest absolute Gasteiger partial charge is 0.233 e. The van der Waals surface area contributed by atoms with Crippen LogP contribution in [0.1, 0.15) is 23.7 Å². The molecule has 23 heavy (non-hydrogen) atoms. The Labute approximate surface area is 133 Å². The molecule has 2 N–H and O–H groups in total. The number of aromatic nitrogens is 5. The fourth-order valence-corrected chi connectivity index (χ4v) is 2.76. The van der Waals surface area contributed by atoms with Crippen LogP contribution in [0.5, 0.6) is 0 Å². The Morgan fingerprint density at radius 2 is 2.17 bits per heavy atom. The lowest BCUT2D eigenvalue weighted by molar-refractivity contribution is 0.629. The quantitative estimate of drug-likeness (QED) is 0.746. The van der Waals surface area contributed by atoms with Gasteiger partial charge in [0.2, 0.25) is 11.7 Å². The lowest BCUT2D eigenvalue weighted by Gasteiger charge is -2.11. The van der Waals surface area contributed by atoms with Crippen LogP contribution in [0, 0.1) is 0 Å². The topological polar surface area (TPSA) is 80.0 Å². The number of nitrogens with zero attached hydrogens (tertiary/aromatic N) is 5. The first-order valence-electron chi connectivity index (χ1n) is 7.53. The summed E-state index contributed by atoms with van der Waals surface area (Å²) in [5.41, 5.74) is 4.11. The first kappa shape index (κ1) is 13.8. The summed E-state index contributed by atoms with van der Waals surface area (Å²) in [4.78, 5) is 17.6. The van der Waals surface area contributed by atoms with Gasteiger partial charge in [0.25, 0.3) is 0 Å². The SMILES string of the molecule is CNc1ncc2c(n1)CN[C@H](C)C=C2c1cnc2nccn2c1. The van der Waals surface area contributed by atoms with Crippen molar-refractivity contribution in [2.24, 2.45) is 0 Å². The van der Waals surface area contributed by atoms with Crippen LogP contribution >= 0.6 is 0 Å². The average Bonchev–Trinajstić information content (AvgIpc) is 2.98. The first-order chi connectivity index (χ1) is 11.2. The maximum absolute atomic E-state index is 4.59. The second-order valence-corrected chi connectivity index (χ2v) is 5.53. The van der Waals surface area contributed by atoms with Gasteiger partial charge >= 0.3 is 0 Å². The van der Waals surface area contributed by atoms with Gasteiger partial charge in [0.15, 0.2) is 0 Å². The van der Waals surface area contributed by atoms with Crippen LogP contribution in [0.15, 0.2) is 37.1 Å². The summed E-state index contributed by atoms with van der Waals surface area (Å²) in [6, 6.07) is 0.232. The summed E-state index contributed by atoms with van der Waals surface area (Å²) in [6.45, 7) is 2.83. The molecule has 3 aromatic heterocycles. The van der Waals surface area contributed by atoms with Gasteiger partial charge in [-0.3, -0.25) is 4.40 Å². The molecule has 4 rings (SSSR count). The summed E-state index contributed by atoms with van der Waals surface area (Å²) < 4.78 is 1.92. The Kier molecular flexibility index (Phi) is 3.27. The van der Waals surface area contributed by atoms with Crippen LogP contribution in [0.2, 0.25) is 0 Å². The van der Waals surface area contributed by atoms with Gasteiger partial charge in [-0.15, -0.1) is 0 Å². The van der Waals surface area contributed by atoms with Crippen molar-refractivity contribution in [3.8, 4) is 0 Å².